The molecular formula is C10H9N5O3S. The molecule has 0 saturated carbocycles. The van der Waals surface area contributed by atoms with Crippen LogP contribution in [0.3, 0.4) is 0 Å². The molecule has 8 nitrogen and oxygen atoms in total. The Kier molecular flexibility index (Phi) is 2.32. The first-order valence-corrected chi connectivity index (χ1v) is 7.12. The van der Waals surface area contributed by atoms with Crippen molar-refractivity contribution in [2.45, 2.75) is 4.90 Å². The van der Waals surface area contributed by atoms with E-state index in [1.807, 2.05) is 0 Å². The molecule has 0 aliphatic heterocycles. The monoisotopic (exact) mass is 279 g/mol. The lowest BCUT2D eigenvalue weighted by Gasteiger charge is -2.01. The summed E-state index contributed by atoms with van der Waals surface area (Å²) in [5.74, 6) is 0. The molecule has 0 radical (unpaired) electrons. The molecule has 0 spiro atoms. The van der Waals surface area contributed by atoms with Crippen LogP contribution in [0.4, 0.5) is 5.69 Å². The van der Waals surface area contributed by atoms with Crippen molar-refractivity contribution >= 4 is 26.6 Å². The fourth-order valence-electron chi connectivity index (χ4n) is 1.69. The Labute approximate surface area is 107 Å². The lowest BCUT2D eigenvalue weighted by atomic mass is 10.2. The van der Waals surface area contributed by atoms with Gasteiger partial charge in [0.1, 0.15) is 4.90 Å². The summed E-state index contributed by atoms with van der Waals surface area (Å²) in [4.78, 5) is 0.119. The highest BCUT2D eigenvalue weighted by Crippen LogP contribution is 2.24. The molecule has 0 saturated heterocycles. The maximum Gasteiger partial charge on any atom is 0.178 e. The maximum atomic E-state index is 11.4. The Morgan fingerprint density at radius 3 is 2.68 bits per heavy atom. The van der Waals surface area contributed by atoms with Crippen molar-refractivity contribution in [3.63, 3.8) is 0 Å². The summed E-state index contributed by atoms with van der Waals surface area (Å²) in [5.41, 5.74) is 7.53. The predicted molar refractivity (Wildman–Crippen MR) is 66.4 cm³/mol. The van der Waals surface area contributed by atoms with E-state index in [1.165, 1.54) is 17.1 Å². The van der Waals surface area contributed by atoms with Crippen LogP contribution in [0, 0.1) is 0 Å². The fourth-order valence-corrected chi connectivity index (χ4v) is 2.22. The van der Waals surface area contributed by atoms with Crippen LogP contribution in [0.15, 0.2) is 34.1 Å². The third kappa shape index (κ3) is 1.83. The molecule has 0 unspecified atom stereocenters. The van der Waals surface area contributed by atoms with Gasteiger partial charge in [-0.05, 0) is 22.4 Å². The Balaban J connectivity index is 2.23. The Morgan fingerprint density at radius 2 is 2.00 bits per heavy atom. The average Bonchev–Trinajstić information content (AvgIpc) is 2.97. The fraction of sp³-hybridized carbons (Fsp3) is 0.100. The number of hydrogen-bond donors (Lipinski definition) is 1. The highest BCUT2D eigenvalue weighted by atomic mass is 32.2. The number of nitrogens with two attached hydrogens (primary N) is 1. The van der Waals surface area contributed by atoms with Crippen molar-refractivity contribution in [2.24, 2.45) is 0 Å². The number of sulfone groups is 1. The molecule has 2 heterocycles. The van der Waals surface area contributed by atoms with Gasteiger partial charge in [-0.2, -0.15) is 5.10 Å². The van der Waals surface area contributed by atoms with Gasteiger partial charge < -0.3 is 5.73 Å². The van der Waals surface area contributed by atoms with Crippen molar-refractivity contribution < 1.29 is 13.0 Å². The summed E-state index contributed by atoms with van der Waals surface area (Å²) in [7, 11) is -3.31. The van der Waals surface area contributed by atoms with E-state index in [0.29, 0.717) is 22.4 Å². The van der Waals surface area contributed by atoms with Gasteiger partial charge in [0, 0.05) is 12.5 Å². The van der Waals surface area contributed by atoms with Crippen molar-refractivity contribution in [3.05, 3.63) is 24.5 Å². The summed E-state index contributed by atoms with van der Waals surface area (Å²) in [5, 5.41) is 11.4. The van der Waals surface area contributed by atoms with Crippen molar-refractivity contribution in [2.75, 3.05) is 12.0 Å². The smallest absolute Gasteiger partial charge is 0.178 e. The van der Waals surface area contributed by atoms with Gasteiger partial charge in [-0.3, -0.25) is 0 Å². The predicted octanol–water partition coefficient (Wildman–Crippen LogP) is 0.394. The summed E-state index contributed by atoms with van der Waals surface area (Å²) < 4.78 is 28.9. The molecule has 0 amide bonds. The van der Waals surface area contributed by atoms with Gasteiger partial charge in [0.25, 0.3) is 0 Å². The van der Waals surface area contributed by atoms with E-state index in [2.05, 4.69) is 20.0 Å². The Bertz CT molecular complexity index is 864. The van der Waals surface area contributed by atoms with Gasteiger partial charge in [0.2, 0.25) is 0 Å². The minimum atomic E-state index is -3.31. The minimum absolute atomic E-state index is 0.119. The van der Waals surface area contributed by atoms with E-state index in [9.17, 15) is 8.42 Å². The van der Waals surface area contributed by atoms with Crippen molar-refractivity contribution in [1.82, 2.24) is 20.1 Å². The maximum absolute atomic E-state index is 11.4. The number of nitrogens with zero attached hydrogens (tertiary/aromatic N) is 4. The first-order valence-electron chi connectivity index (χ1n) is 5.22. The van der Waals surface area contributed by atoms with Crippen LogP contribution in [-0.4, -0.2) is 34.8 Å². The molecule has 1 aromatic carbocycles. The largest absolute Gasteiger partial charge is 0.397 e. The highest BCUT2D eigenvalue weighted by molar-refractivity contribution is 7.90. The first-order chi connectivity index (χ1) is 8.97. The second-order valence-electron chi connectivity index (χ2n) is 4.03. The van der Waals surface area contributed by atoms with Crippen LogP contribution in [0.25, 0.3) is 16.7 Å². The number of benzene rings is 1. The lowest BCUT2D eigenvalue weighted by Crippen LogP contribution is -1.98. The number of anilines is 1. The summed E-state index contributed by atoms with van der Waals surface area (Å²) in [6.45, 7) is 0. The summed E-state index contributed by atoms with van der Waals surface area (Å²) >= 11 is 0. The van der Waals surface area contributed by atoms with E-state index < -0.39 is 9.84 Å². The molecule has 2 aromatic heterocycles. The van der Waals surface area contributed by atoms with Crippen LogP contribution in [0.5, 0.6) is 0 Å². The van der Waals surface area contributed by atoms with Gasteiger partial charge in [0.15, 0.2) is 20.9 Å². The van der Waals surface area contributed by atoms with Gasteiger partial charge in [0.05, 0.1) is 17.6 Å². The molecule has 9 heteroatoms. The van der Waals surface area contributed by atoms with Gasteiger partial charge >= 0.3 is 0 Å². The average molecular weight is 279 g/mol. The van der Waals surface area contributed by atoms with Crippen molar-refractivity contribution in [1.29, 1.82) is 0 Å². The highest BCUT2D eigenvalue weighted by Gasteiger charge is 2.15. The molecule has 19 heavy (non-hydrogen) atoms. The molecule has 2 N–H and O–H groups in total. The minimum Gasteiger partial charge on any atom is -0.397 e. The zero-order chi connectivity index (χ0) is 13.6. The quantitative estimate of drug-likeness (QED) is 0.674. The molecule has 0 atom stereocenters. The van der Waals surface area contributed by atoms with Crippen molar-refractivity contribution in [3.8, 4) is 5.69 Å². The number of nitrogen functional groups attached to an aromatic ring is 1. The molecular weight excluding hydrogens is 270 g/mol. The number of fused-ring (bicyclic) bond motifs is 1. The lowest BCUT2D eigenvalue weighted by molar-refractivity contribution is 0.315. The molecule has 98 valence electrons. The Hall–Kier alpha value is -2.42. The number of hydrogen-bond acceptors (Lipinski definition) is 7. The van der Waals surface area contributed by atoms with E-state index in [0.717, 1.165) is 6.26 Å². The topological polar surface area (TPSA) is 117 Å². The molecule has 0 bridgehead atoms. The standard InChI is InChI=1S/C10H9N5O3S/c1-19(16,17)6-4-12-15(5-6)8-3-2-7(11)9-10(8)14-18-13-9/h2-5H,11H2,1H3. The Morgan fingerprint density at radius 1 is 1.26 bits per heavy atom. The third-order valence-corrected chi connectivity index (χ3v) is 3.73. The second-order valence-corrected chi connectivity index (χ2v) is 6.04. The van der Waals surface area contributed by atoms with Crippen LogP contribution in [0.1, 0.15) is 0 Å². The molecule has 3 rings (SSSR count). The zero-order valence-corrected chi connectivity index (χ0v) is 10.6. The van der Waals surface area contributed by atoms with Gasteiger partial charge in [-0.1, -0.05) is 0 Å². The molecule has 0 fully saturated rings. The molecule has 3 aromatic rings. The first kappa shape index (κ1) is 11.7. The summed E-state index contributed by atoms with van der Waals surface area (Å²) in [6, 6.07) is 3.30. The number of rotatable bonds is 2. The van der Waals surface area contributed by atoms with Gasteiger partial charge in [-0.25, -0.2) is 17.7 Å². The third-order valence-electron chi connectivity index (χ3n) is 2.66. The second kappa shape index (κ2) is 3.79. The van der Waals surface area contributed by atoms with E-state index in [4.69, 9.17) is 5.73 Å². The summed E-state index contributed by atoms with van der Waals surface area (Å²) in [6.07, 6.45) is 3.78. The normalized spacial score (nSPS) is 12.1. The van der Waals surface area contributed by atoms with Crippen LogP contribution in [-0.2, 0) is 9.84 Å². The van der Waals surface area contributed by atoms with E-state index >= 15 is 0 Å². The van der Waals surface area contributed by atoms with Crippen LogP contribution >= 0.6 is 0 Å². The molecule has 0 aliphatic carbocycles. The molecule has 0 aliphatic rings. The van der Waals surface area contributed by atoms with E-state index in [-0.39, 0.29) is 4.90 Å². The van der Waals surface area contributed by atoms with Crippen LogP contribution in [0.2, 0.25) is 0 Å². The van der Waals surface area contributed by atoms with Gasteiger partial charge in [-0.15, -0.1) is 0 Å². The van der Waals surface area contributed by atoms with E-state index in [1.54, 1.807) is 12.1 Å². The van der Waals surface area contributed by atoms with Crippen LogP contribution < -0.4 is 5.73 Å². The zero-order valence-electron chi connectivity index (χ0n) is 9.81. The SMILES string of the molecule is CS(=O)(=O)c1cnn(-c2ccc(N)c3nonc23)c1. The number of aromatic nitrogens is 4.